The Morgan fingerprint density at radius 2 is 2.10 bits per heavy atom. The lowest BCUT2D eigenvalue weighted by Crippen LogP contribution is -2.34. The summed E-state index contributed by atoms with van der Waals surface area (Å²) in [6.45, 7) is 3.27. The molecule has 0 heterocycles. The Balaban J connectivity index is 1.73. The third-order valence-electron chi connectivity index (χ3n) is 5.10. The second-order valence-corrected chi connectivity index (χ2v) is 7.02. The van der Waals surface area contributed by atoms with Crippen LogP contribution in [0.2, 0.25) is 0 Å². The van der Waals surface area contributed by atoms with Gasteiger partial charge in [0.15, 0.2) is 0 Å². The zero-order chi connectivity index (χ0) is 14.1. The number of likely N-dealkylation sites (N-methyl/N-ethyl adjacent to an activating group) is 1. The largest absolute Gasteiger partial charge is 0.497 e. The molecule has 110 valence electrons. The second-order valence-electron chi connectivity index (χ2n) is 6.16. The van der Waals surface area contributed by atoms with E-state index in [0.29, 0.717) is 6.04 Å². The van der Waals surface area contributed by atoms with Gasteiger partial charge in [-0.15, -0.1) is 0 Å². The highest BCUT2D eigenvalue weighted by Gasteiger charge is 2.55. The third kappa shape index (κ3) is 2.75. The molecular formula is C17H24BrNO. The van der Waals surface area contributed by atoms with Crippen molar-refractivity contribution >= 4 is 15.9 Å². The van der Waals surface area contributed by atoms with Gasteiger partial charge in [-0.05, 0) is 67.3 Å². The summed E-state index contributed by atoms with van der Waals surface area (Å²) < 4.78 is 6.56. The van der Waals surface area contributed by atoms with Gasteiger partial charge in [0.25, 0.3) is 0 Å². The summed E-state index contributed by atoms with van der Waals surface area (Å²) >= 11 is 3.69. The Bertz CT molecular complexity index is 466. The molecule has 3 heteroatoms. The quantitative estimate of drug-likeness (QED) is 0.846. The molecule has 0 radical (unpaired) electrons. The Morgan fingerprint density at radius 1 is 1.35 bits per heavy atom. The number of hydrogen-bond acceptors (Lipinski definition) is 2. The highest BCUT2D eigenvalue weighted by molar-refractivity contribution is 9.10. The van der Waals surface area contributed by atoms with Crippen LogP contribution in [0.4, 0.5) is 0 Å². The van der Waals surface area contributed by atoms with E-state index < -0.39 is 0 Å². The molecule has 2 saturated carbocycles. The summed E-state index contributed by atoms with van der Waals surface area (Å²) in [5.74, 6) is 3.86. The summed E-state index contributed by atoms with van der Waals surface area (Å²) in [5.41, 5.74) is 1.36. The Kier molecular flexibility index (Phi) is 4.37. The first-order valence-corrected chi connectivity index (χ1v) is 8.59. The fraction of sp³-hybridized carbons (Fsp3) is 0.647. The maximum Gasteiger partial charge on any atom is 0.119 e. The molecule has 20 heavy (non-hydrogen) atoms. The van der Waals surface area contributed by atoms with Crippen LogP contribution >= 0.6 is 15.9 Å². The maximum atomic E-state index is 5.36. The molecule has 3 atom stereocenters. The van der Waals surface area contributed by atoms with Gasteiger partial charge in [-0.1, -0.05) is 29.3 Å². The van der Waals surface area contributed by atoms with Crippen molar-refractivity contribution in [1.82, 2.24) is 5.32 Å². The van der Waals surface area contributed by atoms with E-state index in [2.05, 4.69) is 40.3 Å². The molecule has 2 fully saturated rings. The van der Waals surface area contributed by atoms with Crippen molar-refractivity contribution in [2.75, 3.05) is 13.7 Å². The van der Waals surface area contributed by atoms with Crippen LogP contribution in [0.3, 0.4) is 0 Å². The summed E-state index contributed by atoms with van der Waals surface area (Å²) in [4.78, 5) is 0. The molecule has 0 spiro atoms. The molecule has 2 nitrogen and oxygen atoms in total. The van der Waals surface area contributed by atoms with Crippen LogP contribution in [0, 0.1) is 17.8 Å². The number of rotatable bonds is 6. The van der Waals surface area contributed by atoms with Crippen molar-refractivity contribution in [3.05, 3.63) is 28.2 Å². The molecule has 1 N–H and O–H groups in total. The molecular weight excluding hydrogens is 314 g/mol. The van der Waals surface area contributed by atoms with Crippen LogP contribution in [0.15, 0.2) is 22.7 Å². The summed E-state index contributed by atoms with van der Waals surface area (Å²) in [7, 11) is 1.74. The van der Waals surface area contributed by atoms with E-state index in [0.717, 1.165) is 36.5 Å². The van der Waals surface area contributed by atoms with Gasteiger partial charge in [0.2, 0.25) is 0 Å². The van der Waals surface area contributed by atoms with Crippen LogP contribution in [0.25, 0.3) is 0 Å². The van der Waals surface area contributed by atoms with E-state index >= 15 is 0 Å². The summed E-state index contributed by atoms with van der Waals surface area (Å²) in [6.07, 6.45) is 5.46. The van der Waals surface area contributed by atoms with Crippen LogP contribution in [0.5, 0.6) is 5.75 Å². The molecule has 0 aliphatic heterocycles. The fourth-order valence-corrected chi connectivity index (χ4v) is 4.56. The zero-order valence-electron chi connectivity index (χ0n) is 12.4. The third-order valence-corrected chi connectivity index (χ3v) is 5.87. The number of ether oxygens (including phenoxy) is 1. The highest BCUT2D eigenvalue weighted by atomic mass is 79.9. The smallest absolute Gasteiger partial charge is 0.119 e. The molecule has 1 aromatic carbocycles. The zero-order valence-corrected chi connectivity index (χ0v) is 13.9. The molecule has 2 aliphatic carbocycles. The predicted molar refractivity (Wildman–Crippen MR) is 86.2 cm³/mol. The minimum absolute atomic E-state index is 0.624. The topological polar surface area (TPSA) is 21.3 Å². The van der Waals surface area contributed by atoms with Gasteiger partial charge in [-0.25, -0.2) is 0 Å². The number of halogens is 1. The molecule has 0 saturated heterocycles. The molecule has 0 aromatic heterocycles. The van der Waals surface area contributed by atoms with Gasteiger partial charge in [0.05, 0.1) is 7.11 Å². The number of nitrogens with one attached hydrogen (secondary N) is 1. The monoisotopic (exact) mass is 337 g/mol. The van der Waals surface area contributed by atoms with Crippen molar-refractivity contribution in [3.63, 3.8) is 0 Å². The van der Waals surface area contributed by atoms with Gasteiger partial charge in [-0.2, -0.15) is 0 Å². The Hall–Kier alpha value is -0.540. The number of fused-ring (bicyclic) bond motifs is 1. The summed E-state index contributed by atoms with van der Waals surface area (Å²) in [5, 5.41) is 3.72. The molecule has 0 amide bonds. The second kappa shape index (κ2) is 6.07. The van der Waals surface area contributed by atoms with Crippen LogP contribution in [-0.2, 0) is 6.42 Å². The first-order valence-electron chi connectivity index (χ1n) is 7.80. The average molecular weight is 338 g/mol. The standard InChI is InChI=1S/C17H24BrNO/c1-3-19-16(17-13-5-4-6-14(13)17)10-11-9-12(20-2)7-8-15(11)18/h7-9,13-14,16-17,19H,3-6,10H2,1-2H3. The van der Waals surface area contributed by atoms with Crippen LogP contribution < -0.4 is 10.1 Å². The number of hydrogen-bond donors (Lipinski definition) is 1. The van der Waals surface area contributed by atoms with Crippen molar-refractivity contribution in [3.8, 4) is 5.75 Å². The van der Waals surface area contributed by atoms with E-state index in [1.165, 1.54) is 29.3 Å². The van der Waals surface area contributed by atoms with Gasteiger partial charge >= 0.3 is 0 Å². The fourth-order valence-electron chi connectivity index (χ4n) is 4.15. The lowest BCUT2D eigenvalue weighted by molar-refractivity contribution is 0.404. The van der Waals surface area contributed by atoms with E-state index in [4.69, 9.17) is 4.74 Å². The maximum absolute atomic E-state index is 5.36. The number of methoxy groups -OCH3 is 1. The normalized spacial score (nSPS) is 29.1. The van der Waals surface area contributed by atoms with Crippen LogP contribution in [0.1, 0.15) is 31.7 Å². The molecule has 3 rings (SSSR count). The van der Waals surface area contributed by atoms with Crippen LogP contribution in [-0.4, -0.2) is 19.7 Å². The first kappa shape index (κ1) is 14.4. The molecule has 0 bridgehead atoms. The Morgan fingerprint density at radius 3 is 2.75 bits per heavy atom. The minimum atomic E-state index is 0.624. The first-order chi connectivity index (χ1) is 9.74. The molecule has 2 aliphatic rings. The van der Waals surface area contributed by atoms with E-state index in [9.17, 15) is 0 Å². The van der Waals surface area contributed by atoms with E-state index in [1.54, 1.807) is 7.11 Å². The van der Waals surface area contributed by atoms with Crippen molar-refractivity contribution in [2.45, 2.75) is 38.6 Å². The van der Waals surface area contributed by atoms with Gasteiger partial charge < -0.3 is 10.1 Å². The average Bonchev–Trinajstić information content (AvgIpc) is 2.92. The lowest BCUT2D eigenvalue weighted by atomic mass is 9.97. The number of benzene rings is 1. The van der Waals surface area contributed by atoms with Crippen molar-refractivity contribution in [2.24, 2.45) is 17.8 Å². The van der Waals surface area contributed by atoms with Gasteiger partial charge in [0, 0.05) is 10.5 Å². The SMILES string of the molecule is CCNC(Cc1cc(OC)ccc1Br)C1C2CCCC21. The lowest BCUT2D eigenvalue weighted by Gasteiger charge is -2.21. The highest BCUT2D eigenvalue weighted by Crippen LogP contribution is 2.59. The van der Waals surface area contributed by atoms with Crippen molar-refractivity contribution < 1.29 is 4.74 Å². The van der Waals surface area contributed by atoms with Gasteiger partial charge in [0.1, 0.15) is 5.75 Å². The van der Waals surface area contributed by atoms with E-state index in [1.807, 2.05) is 6.07 Å². The van der Waals surface area contributed by atoms with E-state index in [-0.39, 0.29) is 0 Å². The Labute approximate surface area is 130 Å². The van der Waals surface area contributed by atoms with Crippen molar-refractivity contribution in [1.29, 1.82) is 0 Å². The minimum Gasteiger partial charge on any atom is -0.497 e. The predicted octanol–water partition coefficient (Wildman–Crippen LogP) is 4.02. The molecule has 3 unspecified atom stereocenters. The van der Waals surface area contributed by atoms with Gasteiger partial charge in [-0.3, -0.25) is 0 Å². The molecule has 1 aromatic rings. The summed E-state index contributed by atoms with van der Waals surface area (Å²) in [6, 6.07) is 6.91.